The highest BCUT2D eigenvalue weighted by Crippen LogP contribution is 2.18. The van der Waals surface area contributed by atoms with E-state index in [1.165, 1.54) is 16.4 Å². The minimum absolute atomic E-state index is 0.121. The van der Waals surface area contributed by atoms with Crippen LogP contribution in [-0.4, -0.2) is 38.8 Å². The number of unbranched alkanes of at least 4 members (excludes halogenated alkanes) is 1. The summed E-state index contributed by atoms with van der Waals surface area (Å²) in [5.74, 6) is 0.295. The minimum Gasteiger partial charge on any atom is -0.484 e. The molecule has 2 aromatic carbocycles. The monoisotopic (exact) mass is 376 g/mol. The molecule has 0 aliphatic carbocycles. The van der Waals surface area contributed by atoms with Crippen molar-refractivity contribution in [3.63, 3.8) is 0 Å². The van der Waals surface area contributed by atoms with Gasteiger partial charge in [-0.2, -0.15) is 0 Å². The third-order valence-electron chi connectivity index (χ3n) is 3.79. The molecule has 0 radical (unpaired) electrons. The van der Waals surface area contributed by atoms with Gasteiger partial charge in [0, 0.05) is 19.3 Å². The number of nitrogens with zero attached hydrogens (tertiary/aromatic N) is 1. The van der Waals surface area contributed by atoms with Gasteiger partial charge in [0.05, 0.1) is 4.90 Å². The zero-order valence-electron chi connectivity index (χ0n) is 15.0. The first-order valence-corrected chi connectivity index (χ1v) is 9.91. The van der Waals surface area contributed by atoms with Gasteiger partial charge in [0.2, 0.25) is 10.0 Å². The first-order valence-electron chi connectivity index (χ1n) is 8.47. The van der Waals surface area contributed by atoms with Crippen molar-refractivity contribution in [3.8, 4) is 5.75 Å². The molecule has 0 spiro atoms. The zero-order chi connectivity index (χ0) is 19.0. The number of benzene rings is 2. The Kier molecular flexibility index (Phi) is 7.17. The summed E-state index contributed by atoms with van der Waals surface area (Å²) < 4.78 is 31.6. The number of hydrogen-bond donors (Lipinski definition) is 1. The van der Waals surface area contributed by atoms with Gasteiger partial charge in [0.15, 0.2) is 6.61 Å². The molecule has 0 aromatic heterocycles. The molecule has 1 amide bonds. The number of hydrogen-bond acceptors (Lipinski definition) is 4. The van der Waals surface area contributed by atoms with Crippen LogP contribution in [0.4, 0.5) is 5.69 Å². The van der Waals surface area contributed by atoms with Crippen LogP contribution in [0.15, 0.2) is 59.5 Å². The van der Waals surface area contributed by atoms with Crippen LogP contribution in [0, 0.1) is 0 Å². The molecule has 1 N–H and O–H groups in total. The smallest absolute Gasteiger partial charge is 0.262 e. The lowest BCUT2D eigenvalue weighted by atomic mass is 10.3. The maximum Gasteiger partial charge on any atom is 0.262 e. The molecule has 0 atom stereocenters. The maximum atomic E-state index is 12.4. The lowest BCUT2D eigenvalue weighted by Gasteiger charge is -2.17. The molecule has 0 saturated carbocycles. The van der Waals surface area contributed by atoms with Gasteiger partial charge >= 0.3 is 0 Å². The molecule has 0 aliphatic rings. The van der Waals surface area contributed by atoms with Crippen LogP contribution in [0.25, 0.3) is 0 Å². The second-order valence-electron chi connectivity index (χ2n) is 5.85. The van der Waals surface area contributed by atoms with E-state index in [9.17, 15) is 13.2 Å². The van der Waals surface area contributed by atoms with Crippen molar-refractivity contribution < 1.29 is 17.9 Å². The van der Waals surface area contributed by atoms with Gasteiger partial charge in [-0.05, 0) is 42.8 Å². The molecule has 6 nitrogen and oxygen atoms in total. The Morgan fingerprint density at radius 3 is 2.35 bits per heavy atom. The SMILES string of the molecule is CCCCN(C)S(=O)(=O)c1ccc(NC(=O)COc2ccccc2)cc1. The van der Waals surface area contributed by atoms with Crippen LogP contribution in [0.1, 0.15) is 19.8 Å². The van der Waals surface area contributed by atoms with Gasteiger partial charge in [-0.15, -0.1) is 0 Å². The average Bonchev–Trinajstić information content (AvgIpc) is 2.65. The predicted octanol–water partition coefficient (Wildman–Crippen LogP) is 3.12. The van der Waals surface area contributed by atoms with E-state index < -0.39 is 10.0 Å². The number of carbonyl (C=O) groups excluding carboxylic acids is 1. The number of sulfonamides is 1. The number of carbonyl (C=O) groups is 1. The molecule has 0 unspecified atom stereocenters. The van der Waals surface area contributed by atoms with Crippen molar-refractivity contribution >= 4 is 21.6 Å². The zero-order valence-corrected chi connectivity index (χ0v) is 15.8. The molecular weight excluding hydrogens is 352 g/mol. The largest absolute Gasteiger partial charge is 0.484 e. The van der Waals surface area contributed by atoms with E-state index in [0.29, 0.717) is 18.0 Å². The average molecular weight is 376 g/mol. The fourth-order valence-electron chi connectivity index (χ4n) is 2.25. The van der Waals surface area contributed by atoms with Gasteiger partial charge in [0.25, 0.3) is 5.91 Å². The van der Waals surface area contributed by atoms with Crippen LogP contribution < -0.4 is 10.1 Å². The summed E-state index contributed by atoms with van der Waals surface area (Å²) in [4.78, 5) is 12.1. The normalized spacial score (nSPS) is 11.3. The Morgan fingerprint density at radius 1 is 1.08 bits per heavy atom. The van der Waals surface area contributed by atoms with Crippen molar-refractivity contribution in [2.45, 2.75) is 24.7 Å². The molecule has 0 aliphatic heterocycles. The van der Waals surface area contributed by atoms with E-state index in [1.54, 1.807) is 31.3 Å². The van der Waals surface area contributed by atoms with E-state index in [0.717, 1.165) is 12.8 Å². The lowest BCUT2D eigenvalue weighted by Crippen LogP contribution is -2.28. The summed E-state index contributed by atoms with van der Waals surface area (Å²) in [6.07, 6.45) is 1.74. The molecule has 0 saturated heterocycles. The van der Waals surface area contributed by atoms with Gasteiger partial charge in [0.1, 0.15) is 5.75 Å². The summed E-state index contributed by atoms with van der Waals surface area (Å²) in [6.45, 7) is 2.37. The number of anilines is 1. The topological polar surface area (TPSA) is 75.7 Å². The molecule has 0 fully saturated rings. The molecule has 140 valence electrons. The number of ether oxygens (including phenoxy) is 1. The minimum atomic E-state index is -3.51. The van der Waals surface area contributed by atoms with E-state index in [2.05, 4.69) is 5.32 Å². The second kappa shape index (κ2) is 9.35. The Morgan fingerprint density at radius 2 is 1.73 bits per heavy atom. The predicted molar refractivity (Wildman–Crippen MR) is 102 cm³/mol. The lowest BCUT2D eigenvalue weighted by molar-refractivity contribution is -0.118. The van der Waals surface area contributed by atoms with Gasteiger partial charge in [-0.1, -0.05) is 31.5 Å². The molecule has 2 rings (SSSR count). The van der Waals surface area contributed by atoms with Crippen LogP contribution >= 0.6 is 0 Å². The Labute approximate surface area is 154 Å². The van der Waals surface area contributed by atoms with Crippen LogP contribution in [0.3, 0.4) is 0 Å². The number of nitrogens with one attached hydrogen (secondary N) is 1. The van der Waals surface area contributed by atoms with Crippen LogP contribution in [0.5, 0.6) is 5.75 Å². The van der Waals surface area contributed by atoms with Crippen LogP contribution in [0.2, 0.25) is 0 Å². The molecule has 0 bridgehead atoms. The fraction of sp³-hybridized carbons (Fsp3) is 0.316. The Bertz CT molecular complexity index is 805. The van der Waals surface area contributed by atoms with Crippen molar-refractivity contribution in [3.05, 3.63) is 54.6 Å². The van der Waals surface area contributed by atoms with Crippen LogP contribution in [-0.2, 0) is 14.8 Å². The quantitative estimate of drug-likeness (QED) is 0.730. The highest BCUT2D eigenvalue weighted by molar-refractivity contribution is 7.89. The maximum absolute atomic E-state index is 12.4. The summed E-state index contributed by atoms with van der Waals surface area (Å²) >= 11 is 0. The summed E-state index contributed by atoms with van der Waals surface area (Å²) in [5, 5.41) is 2.68. The number of amides is 1. The Hall–Kier alpha value is -2.38. The van der Waals surface area contributed by atoms with Gasteiger partial charge < -0.3 is 10.1 Å². The van der Waals surface area contributed by atoms with Gasteiger partial charge in [-0.25, -0.2) is 12.7 Å². The van der Waals surface area contributed by atoms with Crippen molar-refractivity contribution in [1.82, 2.24) is 4.31 Å². The third kappa shape index (κ3) is 5.57. The molecule has 7 heteroatoms. The molecule has 2 aromatic rings. The number of rotatable bonds is 9. The van der Waals surface area contributed by atoms with Crippen molar-refractivity contribution in [2.24, 2.45) is 0 Å². The molecule has 26 heavy (non-hydrogen) atoms. The highest BCUT2D eigenvalue weighted by Gasteiger charge is 2.20. The summed E-state index contributed by atoms with van der Waals surface area (Å²) in [7, 11) is -1.94. The van der Waals surface area contributed by atoms with E-state index in [1.807, 2.05) is 25.1 Å². The first kappa shape index (κ1) is 19.9. The second-order valence-corrected chi connectivity index (χ2v) is 7.90. The highest BCUT2D eigenvalue weighted by atomic mass is 32.2. The molecular formula is C19H24N2O4S. The Balaban J connectivity index is 1.93. The van der Waals surface area contributed by atoms with Crippen molar-refractivity contribution in [2.75, 3.05) is 25.5 Å². The standard InChI is InChI=1S/C19H24N2O4S/c1-3-4-14-21(2)26(23,24)18-12-10-16(11-13-18)20-19(22)15-25-17-8-6-5-7-9-17/h5-13H,3-4,14-15H2,1-2H3,(H,20,22). The number of para-hydroxylation sites is 1. The fourth-order valence-corrected chi connectivity index (χ4v) is 3.46. The van der Waals surface area contributed by atoms with Gasteiger partial charge in [-0.3, -0.25) is 4.79 Å². The summed E-state index contributed by atoms with van der Waals surface area (Å²) in [6, 6.07) is 15.2. The van der Waals surface area contributed by atoms with E-state index in [4.69, 9.17) is 4.74 Å². The first-order chi connectivity index (χ1) is 12.4. The van der Waals surface area contributed by atoms with E-state index in [-0.39, 0.29) is 17.4 Å². The van der Waals surface area contributed by atoms with E-state index >= 15 is 0 Å². The molecule has 0 heterocycles. The third-order valence-corrected chi connectivity index (χ3v) is 5.66. The van der Waals surface area contributed by atoms with Crippen molar-refractivity contribution in [1.29, 1.82) is 0 Å². The summed E-state index contributed by atoms with van der Waals surface area (Å²) in [5.41, 5.74) is 0.516.